The maximum absolute atomic E-state index is 11.0. The highest BCUT2D eigenvalue weighted by molar-refractivity contribution is 5.88. The molecule has 100 valence electrons. The second-order valence-corrected chi connectivity index (χ2v) is 4.30. The van der Waals surface area contributed by atoms with Gasteiger partial charge in [-0.15, -0.1) is 0 Å². The molecule has 19 heavy (non-hydrogen) atoms. The van der Waals surface area contributed by atoms with Gasteiger partial charge in [0, 0.05) is 7.05 Å². The summed E-state index contributed by atoms with van der Waals surface area (Å²) in [7, 11) is 1.71. The molecule has 0 aliphatic heterocycles. The molecule has 1 heterocycles. The van der Waals surface area contributed by atoms with Gasteiger partial charge in [0.05, 0.1) is 24.6 Å². The first kappa shape index (κ1) is 13.3. The first-order valence-electron chi connectivity index (χ1n) is 6.00. The normalized spacial score (nSPS) is 12.3. The minimum atomic E-state index is -0.987. The van der Waals surface area contributed by atoms with Crippen molar-refractivity contribution in [1.29, 1.82) is 0 Å². The van der Waals surface area contributed by atoms with Crippen molar-refractivity contribution in [3.05, 3.63) is 53.3 Å². The number of benzene rings is 1. The largest absolute Gasteiger partial charge is 0.478 e. The van der Waals surface area contributed by atoms with Crippen LogP contribution >= 0.6 is 0 Å². The van der Waals surface area contributed by atoms with Crippen LogP contribution in [0.3, 0.4) is 0 Å². The molecule has 0 aliphatic rings. The van der Waals surface area contributed by atoms with Gasteiger partial charge in [-0.1, -0.05) is 30.3 Å². The molecule has 0 spiro atoms. The smallest absolute Gasteiger partial charge is 0.339 e. The van der Waals surface area contributed by atoms with E-state index in [0.29, 0.717) is 5.69 Å². The summed E-state index contributed by atoms with van der Waals surface area (Å²) in [6.07, 6.45) is 1.24. The predicted molar refractivity (Wildman–Crippen MR) is 69.8 cm³/mol. The highest BCUT2D eigenvalue weighted by Crippen LogP contribution is 2.19. The van der Waals surface area contributed by atoms with E-state index in [-0.39, 0.29) is 18.3 Å². The molecule has 0 aliphatic carbocycles. The monoisotopic (exact) mass is 260 g/mol. The van der Waals surface area contributed by atoms with Crippen molar-refractivity contribution in [3.8, 4) is 0 Å². The van der Waals surface area contributed by atoms with Crippen molar-refractivity contribution in [2.45, 2.75) is 19.6 Å². The van der Waals surface area contributed by atoms with Crippen LogP contribution in [-0.2, 0) is 18.4 Å². The van der Waals surface area contributed by atoms with Crippen molar-refractivity contribution in [2.24, 2.45) is 7.05 Å². The van der Waals surface area contributed by atoms with E-state index in [1.54, 1.807) is 7.05 Å². The summed E-state index contributed by atoms with van der Waals surface area (Å²) in [6, 6.07) is 9.79. The summed E-state index contributed by atoms with van der Waals surface area (Å²) < 4.78 is 7.25. The summed E-state index contributed by atoms with van der Waals surface area (Å²) in [5.41, 5.74) is 1.81. The average Bonchev–Trinajstić information content (AvgIpc) is 2.78. The van der Waals surface area contributed by atoms with E-state index in [0.717, 1.165) is 5.56 Å². The Morgan fingerprint density at radius 1 is 1.42 bits per heavy atom. The quantitative estimate of drug-likeness (QED) is 0.896. The summed E-state index contributed by atoms with van der Waals surface area (Å²) >= 11 is 0. The van der Waals surface area contributed by atoms with Gasteiger partial charge in [0.25, 0.3) is 0 Å². The molecule has 2 rings (SSSR count). The molecule has 0 amide bonds. The van der Waals surface area contributed by atoms with Crippen molar-refractivity contribution < 1.29 is 14.6 Å². The van der Waals surface area contributed by atoms with Gasteiger partial charge in [-0.05, 0) is 12.5 Å². The van der Waals surface area contributed by atoms with Gasteiger partial charge in [0.2, 0.25) is 0 Å². The number of rotatable bonds is 5. The summed E-state index contributed by atoms with van der Waals surface area (Å²) in [4.78, 5) is 11.0. The zero-order chi connectivity index (χ0) is 13.8. The molecule has 1 atom stereocenters. The van der Waals surface area contributed by atoms with Gasteiger partial charge in [-0.3, -0.25) is 4.68 Å². The molecule has 0 fully saturated rings. The Hall–Kier alpha value is -2.14. The fourth-order valence-corrected chi connectivity index (χ4v) is 1.84. The molecular weight excluding hydrogens is 244 g/mol. The molecule has 0 saturated heterocycles. The topological polar surface area (TPSA) is 64.3 Å². The lowest BCUT2D eigenvalue weighted by Crippen LogP contribution is -2.08. The molecule has 5 heteroatoms. The maximum atomic E-state index is 11.0. The number of hydrogen-bond acceptors (Lipinski definition) is 3. The third kappa shape index (κ3) is 3.00. The SMILES string of the molecule is CC(OCc1c(C(=O)O)cnn1C)c1ccccc1. The van der Waals surface area contributed by atoms with Crippen LogP contribution in [0.25, 0.3) is 0 Å². The maximum Gasteiger partial charge on any atom is 0.339 e. The molecular formula is C14H16N2O3. The molecule has 0 saturated carbocycles. The van der Waals surface area contributed by atoms with E-state index in [4.69, 9.17) is 9.84 Å². The fraction of sp³-hybridized carbons (Fsp3) is 0.286. The summed E-state index contributed by atoms with van der Waals surface area (Å²) in [6.45, 7) is 2.15. The fourth-order valence-electron chi connectivity index (χ4n) is 1.84. The zero-order valence-corrected chi connectivity index (χ0v) is 10.9. The number of carbonyl (C=O) groups is 1. The number of aromatic carboxylic acids is 1. The average molecular weight is 260 g/mol. The molecule has 1 aromatic carbocycles. The van der Waals surface area contributed by atoms with Crippen LogP contribution in [-0.4, -0.2) is 20.9 Å². The predicted octanol–water partition coefficient (Wildman–Crippen LogP) is 2.40. The third-order valence-electron chi connectivity index (χ3n) is 3.03. The molecule has 1 aromatic heterocycles. The van der Waals surface area contributed by atoms with Crippen molar-refractivity contribution in [3.63, 3.8) is 0 Å². The number of nitrogens with zero attached hydrogens (tertiary/aromatic N) is 2. The van der Waals surface area contributed by atoms with Crippen LogP contribution in [0.4, 0.5) is 0 Å². The van der Waals surface area contributed by atoms with E-state index in [1.165, 1.54) is 10.9 Å². The second kappa shape index (κ2) is 5.67. The van der Waals surface area contributed by atoms with Crippen molar-refractivity contribution in [1.82, 2.24) is 9.78 Å². The molecule has 5 nitrogen and oxygen atoms in total. The minimum Gasteiger partial charge on any atom is -0.478 e. The lowest BCUT2D eigenvalue weighted by Gasteiger charge is -2.14. The molecule has 1 unspecified atom stereocenters. The van der Waals surface area contributed by atoms with Crippen LogP contribution < -0.4 is 0 Å². The number of hydrogen-bond donors (Lipinski definition) is 1. The van der Waals surface area contributed by atoms with Gasteiger partial charge >= 0.3 is 5.97 Å². The zero-order valence-electron chi connectivity index (χ0n) is 10.9. The minimum absolute atomic E-state index is 0.0993. The standard InChI is InChI=1S/C14H16N2O3/c1-10(11-6-4-3-5-7-11)19-9-13-12(14(17)18)8-15-16(13)2/h3-8,10H,9H2,1-2H3,(H,17,18). The van der Waals surface area contributed by atoms with E-state index in [1.807, 2.05) is 37.3 Å². The Morgan fingerprint density at radius 3 is 2.74 bits per heavy atom. The van der Waals surface area contributed by atoms with Crippen LogP contribution in [0, 0.1) is 0 Å². The van der Waals surface area contributed by atoms with Crippen molar-refractivity contribution in [2.75, 3.05) is 0 Å². The number of aryl methyl sites for hydroxylation is 1. The third-order valence-corrected chi connectivity index (χ3v) is 3.03. The Bertz CT molecular complexity index is 563. The lowest BCUT2D eigenvalue weighted by molar-refractivity contribution is 0.0467. The van der Waals surface area contributed by atoms with Crippen LogP contribution in [0.15, 0.2) is 36.5 Å². The number of carboxylic acid groups (broad SMARTS) is 1. The highest BCUT2D eigenvalue weighted by Gasteiger charge is 2.16. The van der Waals surface area contributed by atoms with E-state index >= 15 is 0 Å². The van der Waals surface area contributed by atoms with E-state index in [2.05, 4.69) is 5.10 Å². The Morgan fingerprint density at radius 2 is 2.11 bits per heavy atom. The number of aromatic nitrogens is 2. The summed E-state index contributed by atoms with van der Waals surface area (Å²) in [5.74, 6) is -0.987. The van der Waals surface area contributed by atoms with Crippen LogP contribution in [0.2, 0.25) is 0 Å². The number of carboxylic acids is 1. The Kier molecular flexibility index (Phi) is 3.97. The van der Waals surface area contributed by atoms with E-state index < -0.39 is 5.97 Å². The number of ether oxygens (including phenoxy) is 1. The summed E-state index contributed by atoms with van der Waals surface area (Å²) in [5, 5.41) is 13.0. The Labute approximate surface area is 111 Å². The van der Waals surface area contributed by atoms with Gasteiger partial charge in [0.1, 0.15) is 5.56 Å². The van der Waals surface area contributed by atoms with Gasteiger partial charge in [0.15, 0.2) is 0 Å². The molecule has 0 radical (unpaired) electrons. The second-order valence-electron chi connectivity index (χ2n) is 4.30. The molecule has 2 aromatic rings. The lowest BCUT2D eigenvalue weighted by atomic mass is 10.1. The van der Waals surface area contributed by atoms with Gasteiger partial charge in [-0.25, -0.2) is 4.79 Å². The van der Waals surface area contributed by atoms with Crippen LogP contribution in [0.1, 0.15) is 34.6 Å². The first-order chi connectivity index (χ1) is 9.09. The first-order valence-corrected chi connectivity index (χ1v) is 6.00. The molecule has 0 bridgehead atoms. The van der Waals surface area contributed by atoms with Crippen LogP contribution in [0.5, 0.6) is 0 Å². The van der Waals surface area contributed by atoms with E-state index in [9.17, 15) is 4.79 Å². The van der Waals surface area contributed by atoms with Crippen molar-refractivity contribution >= 4 is 5.97 Å². The van der Waals surface area contributed by atoms with Gasteiger partial charge < -0.3 is 9.84 Å². The Balaban J connectivity index is 2.07. The molecule has 1 N–H and O–H groups in total. The van der Waals surface area contributed by atoms with Gasteiger partial charge in [-0.2, -0.15) is 5.10 Å². The highest BCUT2D eigenvalue weighted by atomic mass is 16.5.